The maximum absolute atomic E-state index is 12.1. The Hall–Kier alpha value is -1.75. The number of hydrogen-bond donors (Lipinski definition) is 2. The van der Waals surface area contributed by atoms with E-state index < -0.39 is 23.5 Å². The summed E-state index contributed by atoms with van der Waals surface area (Å²) in [6.07, 6.45) is 0.304. The van der Waals surface area contributed by atoms with Crippen LogP contribution in [-0.2, 0) is 9.59 Å². The molecular weight excluding hydrogens is 282 g/mol. The molecule has 2 N–H and O–H groups in total. The van der Waals surface area contributed by atoms with E-state index in [0.29, 0.717) is 17.2 Å². The molecule has 1 aromatic carbocycles. The highest BCUT2D eigenvalue weighted by Gasteiger charge is 2.32. The summed E-state index contributed by atoms with van der Waals surface area (Å²) in [6.45, 7) is 4.84. The lowest BCUT2D eigenvalue weighted by Crippen LogP contribution is -2.52. The van der Waals surface area contributed by atoms with Crippen molar-refractivity contribution in [2.75, 3.05) is 0 Å². The Morgan fingerprint density at radius 2 is 1.90 bits per heavy atom. The number of carbonyl (C=O) groups is 2. The smallest absolute Gasteiger partial charge is 0.326 e. The Kier molecular flexibility index (Phi) is 5.39. The molecule has 1 atom stereocenters. The van der Waals surface area contributed by atoms with Gasteiger partial charge in [-0.25, -0.2) is 4.79 Å². The van der Waals surface area contributed by atoms with Crippen molar-refractivity contribution in [2.45, 2.75) is 38.8 Å². The van der Waals surface area contributed by atoms with Crippen molar-refractivity contribution >= 4 is 23.5 Å². The second-order valence-electron chi connectivity index (χ2n) is 4.84. The van der Waals surface area contributed by atoms with Crippen molar-refractivity contribution in [2.24, 2.45) is 0 Å². The van der Waals surface area contributed by atoms with Crippen LogP contribution in [0.3, 0.4) is 0 Å². The van der Waals surface area contributed by atoms with E-state index in [9.17, 15) is 9.59 Å². The molecule has 0 saturated heterocycles. The third-order valence-electron chi connectivity index (χ3n) is 2.75. The minimum absolute atomic E-state index is 0.304. The molecule has 0 fully saturated rings. The predicted molar refractivity (Wildman–Crippen MR) is 76.0 cm³/mol. The number of ether oxygens (including phenoxy) is 1. The Bertz CT molecular complexity index is 484. The third kappa shape index (κ3) is 4.42. The summed E-state index contributed by atoms with van der Waals surface area (Å²) in [5, 5.41) is 12.0. The van der Waals surface area contributed by atoms with Gasteiger partial charge in [0.1, 0.15) is 11.8 Å². The minimum atomic E-state index is -1.18. The molecule has 0 aliphatic rings. The zero-order chi connectivity index (χ0) is 15.3. The average Bonchev–Trinajstić information content (AvgIpc) is 2.37. The molecule has 0 saturated carbocycles. The molecule has 0 radical (unpaired) electrons. The summed E-state index contributed by atoms with van der Waals surface area (Å²) in [5.41, 5.74) is -1.18. The van der Waals surface area contributed by atoms with Crippen molar-refractivity contribution in [1.82, 2.24) is 5.32 Å². The van der Waals surface area contributed by atoms with E-state index in [2.05, 4.69) is 5.32 Å². The quantitative estimate of drug-likeness (QED) is 0.846. The van der Waals surface area contributed by atoms with E-state index in [-0.39, 0.29) is 0 Å². The zero-order valence-electron chi connectivity index (χ0n) is 11.6. The fourth-order valence-corrected chi connectivity index (χ4v) is 1.64. The molecule has 110 valence electrons. The molecule has 1 rings (SSSR count). The van der Waals surface area contributed by atoms with Crippen LogP contribution in [0.1, 0.15) is 27.2 Å². The van der Waals surface area contributed by atoms with Crippen LogP contribution in [0.2, 0.25) is 5.02 Å². The summed E-state index contributed by atoms with van der Waals surface area (Å²) < 4.78 is 5.58. The Labute approximate surface area is 122 Å². The van der Waals surface area contributed by atoms with Crippen LogP contribution in [0.4, 0.5) is 0 Å². The van der Waals surface area contributed by atoms with Gasteiger partial charge < -0.3 is 15.2 Å². The first-order valence-corrected chi connectivity index (χ1v) is 6.62. The fraction of sp³-hybridized carbons (Fsp3) is 0.429. The van der Waals surface area contributed by atoms with Crippen molar-refractivity contribution in [3.8, 4) is 5.75 Å². The number of hydrogen-bond acceptors (Lipinski definition) is 3. The highest BCUT2D eigenvalue weighted by molar-refractivity contribution is 6.30. The van der Waals surface area contributed by atoms with Crippen LogP contribution >= 0.6 is 11.6 Å². The number of carboxylic acid groups (broad SMARTS) is 1. The standard InChI is InChI=1S/C14H18ClNO4/c1-4-11(12(17)18)16-13(19)14(2,3)20-10-7-5-9(15)6-8-10/h5-8,11H,4H2,1-3H3,(H,16,19)(H,17,18)/t11-/m1/s1. The summed E-state index contributed by atoms with van der Waals surface area (Å²) in [5.74, 6) is -1.07. The molecule has 0 spiro atoms. The molecule has 0 heterocycles. The average molecular weight is 300 g/mol. The van der Waals surface area contributed by atoms with Gasteiger partial charge >= 0.3 is 5.97 Å². The summed E-state index contributed by atoms with van der Waals surface area (Å²) in [4.78, 5) is 23.0. The van der Waals surface area contributed by atoms with Gasteiger partial charge in [-0.15, -0.1) is 0 Å². The van der Waals surface area contributed by atoms with Gasteiger partial charge in [0, 0.05) is 5.02 Å². The predicted octanol–water partition coefficient (Wildman–Crippen LogP) is 2.48. The van der Waals surface area contributed by atoms with E-state index in [0.717, 1.165) is 0 Å². The number of halogens is 1. The molecule has 1 aromatic rings. The summed E-state index contributed by atoms with van der Waals surface area (Å²) in [6, 6.07) is 5.67. The Morgan fingerprint density at radius 1 is 1.35 bits per heavy atom. The number of aliphatic carboxylic acids is 1. The van der Waals surface area contributed by atoms with Gasteiger partial charge in [-0.1, -0.05) is 18.5 Å². The monoisotopic (exact) mass is 299 g/mol. The number of rotatable bonds is 6. The molecule has 0 aromatic heterocycles. The number of carboxylic acids is 1. The van der Waals surface area contributed by atoms with Gasteiger partial charge in [0.15, 0.2) is 5.60 Å². The first-order valence-electron chi connectivity index (χ1n) is 6.24. The van der Waals surface area contributed by atoms with Gasteiger partial charge in [-0.05, 0) is 44.5 Å². The molecule has 1 amide bonds. The maximum Gasteiger partial charge on any atom is 0.326 e. The van der Waals surface area contributed by atoms with E-state index in [4.69, 9.17) is 21.4 Å². The number of carbonyl (C=O) groups excluding carboxylic acids is 1. The van der Waals surface area contributed by atoms with Crippen LogP contribution < -0.4 is 10.1 Å². The normalized spacial score (nSPS) is 12.6. The minimum Gasteiger partial charge on any atom is -0.480 e. The van der Waals surface area contributed by atoms with Crippen LogP contribution in [0.5, 0.6) is 5.75 Å². The van der Waals surface area contributed by atoms with Gasteiger partial charge in [0.05, 0.1) is 0 Å². The highest BCUT2D eigenvalue weighted by Crippen LogP contribution is 2.21. The second kappa shape index (κ2) is 6.61. The zero-order valence-corrected chi connectivity index (χ0v) is 12.4. The fourth-order valence-electron chi connectivity index (χ4n) is 1.51. The molecule has 0 bridgehead atoms. The second-order valence-corrected chi connectivity index (χ2v) is 5.28. The van der Waals surface area contributed by atoms with Crippen LogP contribution in [0.25, 0.3) is 0 Å². The van der Waals surface area contributed by atoms with Crippen LogP contribution in [0.15, 0.2) is 24.3 Å². The van der Waals surface area contributed by atoms with Gasteiger partial charge in [-0.3, -0.25) is 4.79 Å². The Morgan fingerprint density at radius 3 is 2.35 bits per heavy atom. The Balaban J connectivity index is 2.74. The highest BCUT2D eigenvalue weighted by atomic mass is 35.5. The van der Waals surface area contributed by atoms with E-state index in [1.165, 1.54) is 0 Å². The van der Waals surface area contributed by atoms with E-state index in [1.54, 1.807) is 45.0 Å². The topological polar surface area (TPSA) is 75.6 Å². The molecule has 0 unspecified atom stereocenters. The maximum atomic E-state index is 12.1. The lowest BCUT2D eigenvalue weighted by molar-refractivity contribution is -0.145. The van der Waals surface area contributed by atoms with Gasteiger partial charge in [-0.2, -0.15) is 0 Å². The van der Waals surface area contributed by atoms with Crippen molar-refractivity contribution in [1.29, 1.82) is 0 Å². The number of benzene rings is 1. The number of amides is 1. The van der Waals surface area contributed by atoms with Gasteiger partial charge in [0.2, 0.25) is 0 Å². The van der Waals surface area contributed by atoms with Crippen molar-refractivity contribution in [3.63, 3.8) is 0 Å². The van der Waals surface area contributed by atoms with E-state index >= 15 is 0 Å². The van der Waals surface area contributed by atoms with Crippen LogP contribution in [-0.4, -0.2) is 28.6 Å². The first kappa shape index (κ1) is 16.3. The lowest BCUT2D eigenvalue weighted by atomic mass is 10.1. The molecule has 20 heavy (non-hydrogen) atoms. The number of nitrogens with one attached hydrogen (secondary N) is 1. The lowest BCUT2D eigenvalue weighted by Gasteiger charge is -2.26. The molecule has 5 nitrogen and oxygen atoms in total. The third-order valence-corrected chi connectivity index (χ3v) is 3.00. The van der Waals surface area contributed by atoms with E-state index in [1.807, 2.05) is 0 Å². The molecule has 6 heteroatoms. The van der Waals surface area contributed by atoms with Gasteiger partial charge in [0.25, 0.3) is 5.91 Å². The first-order chi connectivity index (χ1) is 9.26. The molecule has 0 aliphatic carbocycles. The summed E-state index contributed by atoms with van der Waals surface area (Å²) in [7, 11) is 0. The van der Waals surface area contributed by atoms with Crippen molar-refractivity contribution in [3.05, 3.63) is 29.3 Å². The summed E-state index contributed by atoms with van der Waals surface area (Å²) >= 11 is 5.77. The van der Waals surface area contributed by atoms with Crippen LogP contribution in [0, 0.1) is 0 Å². The SMILES string of the molecule is CC[C@@H](NC(=O)C(C)(C)Oc1ccc(Cl)cc1)C(=O)O. The largest absolute Gasteiger partial charge is 0.480 e. The molecule has 0 aliphatic heterocycles. The van der Waals surface area contributed by atoms with Crippen molar-refractivity contribution < 1.29 is 19.4 Å². The molecular formula is C14H18ClNO4.